The molecular weight excluding hydrogens is 313 g/mol. The Balaban J connectivity index is 2.48. The number of aliphatic hydroxyl groups is 1. The molecule has 126 valence electrons. The Morgan fingerprint density at radius 1 is 1.22 bits per heavy atom. The minimum atomic E-state index is -4.73. The van der Waals surface area contributed by atoms with E-state index in [0.29, 0.717) is 5.01 Å². The molecule has 8 heteroatoms. The molecule has 0 fully saturated rings. The maximum atomic E-state index is 13.0. The van der Waals surface area contributed by atoms with Gasteiger partial charge in [-0.15, -0.1) is 0 Å². The molecule has 1 aromatic carbocycles. The van der Waals surface area contributed by atoms with Crippen LogP contribution in [0.2, 0.25) is 0 Å². The number of benzene rings is 1. The number of amides is 1. The molecule has 0 aromatic heterocycles. The van der Waals surface area contributed by atoms with Crippen LogP contribution in [0.4, 0.5) is 13.2 Å². The Kier molecular flexibility index (Phi) is 3.92. The summed E-state index contributed by atoms with van der Waals surface area (Å²) in [6, 6.07) is 4.96. The van der Waals surface area contributed by atoms with Crippen LogP contribution in [0.25, 0.3) is 0 Å². The first-order valence-corrected chi connectivity index (χ1v) is 6.87. The maximum absolute atomic E-state index is 13.0. The molecule has 1 heterocycles. The lowest BCUT2D eigenvalue weighted by molar-refractivity contribution is -0.144. The van der Waals surface area contributed by atoms with Gasteiger partial charge in [0.05, 0.1) is 0 Å². The smallest absolute Gasteiger partial charge is 0.431 e. The van der Waals surface area contributed by atoms with Crippen molar-refractivity contribution in [3.63, 3.8) is 0 Å². The van der Waals surface area contributed by atoms with Gasteiger partial charge in [-0.3, -0.25) is 4.79 Å². The monoisotopic (exact) mass is 330 g/mol. The van der Waals surface area contributed by atoms with E-state index in [1.165, 1.54) is 45.0 Å². The fourth-order valence-corrected chi connectivity index (χ4v) is 2.23. The molecule has 0 saturated carbocycles. The average molecular weight is 330 g/mol. The van der Waals surface area contributed by atoms with Gasteiger partial charge in [0.15, 0.2) is 5.72 Å². The van der Waals surface area contributed by atoms with E-state index in [9.17, 15) is 28.2 Å². The molecule has 2 rings (SSSR count). The number of hydrogen-bond acceptors (Lipinski definition) is 4. The summed E-state index contributed by atoms with van der Waals surface area (Å²) in [4.78, 5) is 12.5. The Morgan fingerprint density at radius 2 is 1.74 bits per heavy atom. The zero-order chi connectivity index (χ0) is 17.6. The van der Waals surface area contributed by atoms with Gasteiger partial charge in [0.1, 0.15) is 11.5 Å². The Hall–Kier alpha value is -2.09. The summed E-state index contributed by atoms with van der Waals surface area (Å²) in [5, 5.41) is 23.8. The largest absolute Gasteiger partial charge is 0.508 e. The van der Waals surface area contributed by atoms with Crippen LogP contribution >= 0.6 is 0 Å². The topological polar surface area (TPSA) is 73.1 Å². The van der Waals surface area contributed by atoms with Crippen molar-refractivity contribution in [2.75, 3.05) is 0 Å². The van der Waals surface area contributed by atoms with E-state index >= 15 is 0 Å². The van der Waals surface area contributed by atoms with Gasteiger partial charge in [-0.05, 0) is 24.3 Å². The zero-order valence-electron chi connectivity index (χ0n) is 12.8. The van der Waals surface area contributed by atoms with Gasteiger partial charge in [0.25, 0.3) is 5.91 Å². The Morgan fingerprint density at radius 3 is 2.17 bits per heavy atom. The lowest BCUT2D eigenvalue weighted by Gasteiger charge is -2.41. The number of halogens is 3. The minimum Gasteiger partial charge on any atom is -0.508 e. The van der Waals surface area contributed by atoms with Gasteiger partial charge in [0.2, 0.25) is 0 Å². The van der Waals surface area contributed by atoms with Crippen molar-refractivity contribution in [3.05, 3.63) is 29.8 Å². The number of nitrogens with zero attached hydrogens (tertiary/aromatic N) is 2. The van der Waals surface area contributed by atoms with Gasteiger partial charge >= 0.3 is 6.18 Å². The highest BCUT2D eigenvalue weighted by molar-refractivity contribution is 5.99. The van der Waals surface area contributed by atoms with Crippen molar-refractivity contribution in [2.24, 2.45) is 10.5 Å². The van der Waals surface area contributed by atoms with E-state index in [0.717, 1.165) is 0 Å². The molecule has 2 N–H and O–H groups in total. The molecule has 0 unspecified atom stereocenters. The highest BCUT2D eigenvalue weighted by Gasteiger charge is 2.57. The van der Waals surface area contributed by atoms with Crippen LogP contribution in [-0.4, -0.2) is 38.7 Å². The number of carbonyl (C=O) groups excluding carboxylic acids is 1. The van der Waals surface area contributed by atoms with Gasteiger partial charge in [-0.2, -0.15) is 23.3 Å². The second kappa shape index (κ2) is 5.23. The number of carbonyl (C=O) groups is 1. The zero-order valence-corrected chi connectivity index (χ0v) is 12.8. The first-order valence-electron chi connectivity index (χ1n) is 6.87. The highest BCUT2D eigenvalue weighted by Crippen LogP contribution is 2.44. The number of phenolic OH excluding ortho intramolecular Hbond substituents is 1. The second-order valence-electron chi connectivity index (χ2n) is 6.45. The fourth-order valence-electron chi connectivity index (χ4n) is 2.23. The SMILES string of the molecule is CC(C)(C)[C@@]1(O)CC(C(F)(F)F)=NN1C(=O)c1ccc(O)cc1. The highest BCUT2D eigenvalue weighted by atomic mass is 19.4. The summed E-state index contributed by atoms with van der Waals surface area (Å²) in [5.41, 5.74) is -4.36. The summed E-state index contributed by atoms with van der Waals surface area (Å²) < 4.78 is 38.9. The first-order chi connectivity index (χ1) is 10.4. The lowest BCUT2D eigenvalue weighted by Crippen LogP contribution is -2.55. The third kappa shape index (κ3) is 3.03. The molecule has 23 heavy (non-hydrogen) atoms. The van der Waals surface area contributed by atoms with E-state index in [1.807, 2.05) is 0 Å². The number of alkyl halides is 3. The lowest BCUT2D eigenvalue weighted by atomic mass is 9.80. The van der Waals surface area contributed by atoms with E-state index < -0.39 is 35.4 Å². The molecule has 0 saturated heterocycles. The molecular formula is C15H17F3N2O3. The quantitative estimate of drug-likeness (QED) is 0.831. The number of hydrogen-bond donors (Lipinski definition) is 2. The van der Waals surface area contributed by atoms with Gasteiger partial charge in [0, 0.05) is 17.4 Å². The van der Waals surface area contributed by atoms with Crippen molar-refractivity contribution in [1.82, 2.24) is 5.01 Å². The summed E-state index contributed by atoms with van der Waals surface area (Å²) in [6.07, 6.45) is -5.53. The van der Waals surface area contributed by atoms with Gasteiger partial charge in [-0.1, -0.05) is 20.8 Å². The van der Waals surface area contributed by atoms with Crippen molar-refractivity contribution >= 4 is 11.6 Å². The summed E-state index contributed by atoms with van der Waals surface area (Å²) in [7, 11) is 0. The maximum Gasteiger partial charge on any atom is 0.431 e. The molecule has 1 amide bonds. The van der Waals surface area contributed by atoms with Crippen molar-refractivity contribution in [1.29, 1.82) is 0 Å². The first kappa shape index (κ1) is 17.3. The molecule has 1 aliphatic rings. The molecule has 0 aliphatic carbocycles. The number of hydrazone groups is 1. The van der Waals surface area contributed by atoms with E-state index in [2.05, 4.69) is 5.10 Å². The van der Waals surface area contributed by atoms with Crippen LogP contribution < -0.4 is 0 Å². The van der Waals surface area contributed by atoms with Crippen LogP contribution in [-0.2, 0) is 0 Å². The molecule has 1 aliphatic heterocycles. The van der Waals surface area contributed by atoms with Crippen LogP contribution in [0, 0.1) is 5.41 Å². The summed E-state index contributed by atoms with van der Waals surface area (Å²) in [5.74, 6) is -0.963. The molecule has 0 spiro atoms. The minimum absolute atomic E-state index is 0.0117. The number of aromatic hydroxyl groups is 1. The molecule has 0 bridgehead atoms. The van der Waals surface area contributed by atoms with Crippen molar-refractivity contribution in [2.45, 2.75) is 39.1 Å². The van der Waals surface area contributed by atoms with E-state index in [1.54, 1.807) is 0 Å². The van der Waals surface area contributed by atoms with Crippen LogP contribution in [0.1, 0.15) is 37.6 Å². The predicted octanol–water partition coefficient (Wildman–Crippen LogP) is 2.89. The second-order valence-corrected chi connectivity index (χ2v) is 6.45. The Bertz CT molecular complexity index is 647. The van der Waals surface area contributed by atoms with Crippen molar-refractivity contribution in [3.8, 4) is 5.75 Å². The van der Waals surface area contributed by atoms with E-state index in [4.69, 9.17) is 0 Å². The standard InChI is InChI=1S/C15H17F3N2O3/c1-13(2,3)14(23)8-11(15(16,17)18)19-20(14)12(22)9-4-6-10(21)7-5-9/h4-7,21,23H,8H2,1-3H3/t14-/m0/s1. The van der Waals surface area contributed by atoms with Crippen LogP contribution in [0.5, 0.6) is 5.75 Å². The third-order valence-corrected chi connectivity index (χ3v) is 3.82. The molecule has 1 atom stereocenters. The van der Waals surface area contributed by atoms with E-state index in [-0.39, 0.29) is 11.3 Å². The molecule has 0 radical (unpaired) electrons. The van der Waals surface area contributed by atoms with Crippen molar-refractivity contribution < 1.29 is 28.2 Å². The Labute approximate surface area is 131 Å². The predicted molar refractivity (Wildman–Crippen MR) is 76.8 cm³/mol. The fraction of sp³-hybridized carbons (Fsp3) is 0.467. The molecule has 1 aromatic rings. The van der Waals surface area contributed by atoms with Gasteiger partial charge in [-0.25, -0.2) is 0 Å². The van der Waals surface area contributed by atoms with Crippen LogP contribution in [0.3, 0.4) is 0 Å². The number of rotatable bonds is 1. The summed E-state index contributed by atoms with van der Waals surface area (Å²) in [6.45, 7) is 4.58. The normalized spacial score (nSPS) is 22.2. The molecule has 5 nitrogen and oxygen atoms in total. The summed E-state index contributed by atoms with van der Waals surface area (Å²) >= 11 is 0. The number of phenols is 1. The van der Waals surface area contributed by atoms with Gasteiger partial charge < -0.3 is 10.2 Å². The average Bonchev–Trinajstić information content (AvgIpc) is 2.78. The third-order valence-electron chi connectivity index (χ3n) is 3.82. The van der Waals surface area contributed by atoms with Crippen LogP contribution in [0.15, 0.2) is 29.4 Å².